The van der Waals surface area contributed by atoms with Crippen LogP contribution in [0.15, 0.2) is 0 Å². The third kappa shape index (κ3) is 3.68. The molecule has 3 nitrogen and oxygen atoms in total. The summed E-state index contributed by atoms with van der Waals surface area (Å²) in [5.41, 5.74) is -0.342. The molecular formula is C11H22N2OS. The maximum absolute atomic E-state index is 12.0. The van der Waals surface area contributed by atoms with Crippen LogP contribution in [0.3, 0.4) is 0 Å². The predicted molar refractivity (Wildman–Crippen MR) is 66.2 cm³/mol. The Labute approximate surface area is 96.8 Å². The Hall–Kier alpha value is -0.220. The minimum absolute atomic E-state index is 0.156. The smallest absolute Gasteiger partial charge is 0.240 e. The second kappa shape index (κ2) is 5.75. The average molecular weight is 230 g/mol. The second-order valence-electron chi connectivity index (χ2n) is 4.55. The van der Waals surface area contributed by atoms with Crippen LogP contribution in [0.25, 0.3) is 0 Å². The molecule has 1 amide bonds. The number of hydrogen-bond donors (Lipinski definition) is 2. The van der Waals surface area contributed by atoms with E-state index in [1.54, 1.807) is 11.8 Å². The third-order valence-electron chi connectivity index (χ3n) is 2.91. The SMILES string of the molecule is CSCC(C)NC(=O)C1(C)CCCCN1. The highest BCUT2D eigenvalue weighted by Gasteiger charge is 2.34. The molecule has 1 heterocycles. The Balaban J connectivity index is 2.44. The molecule has 2 unspecified atom stereocenters. The molecule has 0 aromatic rings. The van der Waals surface area contributed by atoms with Gasteiger partial charge in [-0.2, -0.15) is 11.8 Å². The number of piperidine rings is 1. The quantitative estimate of drug-likeness (QED) is 0.767. The van der Waals surface area contributed by atoms with Gasteiger partial charge in [0.05, 0.1) is 5.54 Å². The van der Waals surface area contributed by atoms with E-state index in [4.69, 9.17) is 0 Å². The standard InChI is InChI=1S/C11H22N2OS/c1-9(8-15-3)13-10(14)11(2)6-4-5-7-12-11/h9,12H,4-8H2,1-3H3,(H,13,14). The molecule has 0 saturated carbocycles. The van der Waals surface area contributed by atoms with Gasteiger partial charge in [0, 0.05) is 11.8 Å². The molecular weight excluding hydrogens is 208 g/mol. The first-order valence-corrected chi connectivity index (χ1v) is 7.03. The summed E-state index contributed by atoms with van der Waals surface area (Å²) in [6.07, 6.45) is 5.34. The highest BCUT2D eigenvalue weighted by molar-refractivity contribution is 7.98. The van der Waals surface area contributed by atoms with Crippen molar-refractivity contribution in [2.24, 2.45) is 0 Å². The fourth-order valence-electron chi connectivity index (χ4n) is 1.92. The molecule has 1 rings (SSSR count). The Kier molecular flexibility index (Phi) is 4.93. The van der Waals surface area contributed by atoms with Gasteiger partial charge in [0.25, 0.3) is 0 Å². The molecule has 1 fully saturated rings. The fraction of sp³-hybridized carbons (Fsp3) is 0.909. The Bertz CT molecular complexity index is 215. The monoisotopic (exact) mass is 230 g/mol. The zero-order chi connectivity index (χ0) is 11.3. The van der Waals surface area contributed by atoms with Crippen molar-refractivity contribution in [2.75, 3.05) is 18.6 Å². The van der Waals surface area contributed by atoms with E-state index in [2.05, 4.69) is 23.8 Å². The van der Waals surface area contributed by atoms with Gasteiger partial charge in [0.1, 0.15) is 0 Å². The summed E-state index contributed by atoms with van der Waals surface area (Å²) in [6.45, 7) is 5.02. The van der Waals surface area contributed by atoms with Crippen molar-refractivity contribution in [2.45, 2.75) is 44.7 Å². The number of carbonyl (C=O) groups is 1. The zero-order valence-corrected chi connectivity index (χ0v) is 10.7. The van der Waals surface area contributed by atoms with Crippen LogP contribution in [0.1, 0.15) is 33.1 Å². The molecule has 2 atom stereocenters. The maximum Gasteiger partial charge on any atom is 0.240 e. The highest BCUT2D eigenvalue weighted by Crippen LogP contribution is 2.18. The van der Waals surface area contributed by atoms with E-state index in [0.29, 0.717) is 0 Å². The number of hydrogen-bond acceptors (Lipinski definition) is 3. The van der Waals surface area contributed by atoms with Crippen LogP contribution in [-0.4, -0.2) is 36.0 Å². The molecule has 1 aliphatic heterocycles. The number of thioether (sulfide) groups is 1. The Morgan fingerprint density at radius 2 is 2.33 bits per heavy atom. The van der Waals surface area contributed by atoms with Crippen molar-refractivity contribution >= 4 is 17.7 Å². The van der Waals surface area contributed by atoms with E-state index in [9.17, 15) is 4.79 Å². The molecule has 15 heavy (non-hydrogen) atoms. The molecule has 1 aliphatic rings. The van der Waals surface area contributed by atoms with Crippen LogP contribution in [0.4, 0.5) is 0 Å². The van der Waals surface area contributed by atoms with Crippen molar-refractivity contribution < 1.29 is 4.79 Å². The van der Waals surface area contributed by atoms with Crippen LogP contribution < -0.4 is 10.6 Å². The molecule has 2 N–H and O–H groups in total. The molecule has 0 radical (unpaired) electrons. The lowest BCUT2D eigenvalue weighted by molar-refractivity contribution is -0.128. The number of amides is 1. The summed E-state index contributed by atoms with van der Waals surface area (Å²) < 4.78 is 0. The van der Waals surface area contributed by atoms with Gasteiger partial charge in [-0.3, -0.25) is 4.79 Å². The molecule has 1 saturated heterocycles. The van der Waals surface area contributed by atoms with Gasteiger partial charge in [-0.05, 0) is 45.9 Å². The van der Waals surface area contributed by atoms with Gasteiger partial charge < -0.3 is 10.6 Å². The van der Waals surface area contributed by atoms with Crippen LogP contribution in [-0.2, 0) is 4.79 Å². The lowest BCUT2D eigenvalue weighted by Gasteiger charge is -2.34. The number of nitrogens with one attached hydrogen (secondary N) is 2. The summed E-state index contributed by atoms with van der Waals surface area (Å²) in [7, 11) is 0. The van der Waals surface area contributed by atoms with Crippen molar-refractivity contribution in [3.8, 4) is 0 Å². The molecule has 0 aromatic heterocycles. The van der Waals surface area contributed by atoms with Crippen molar-refractivity contribution in [3.05, 3.63) is 0 Å². The summed E-state index contributed by atoms with van der Waals surface area (Å²) in [4.78, 5) is 12.0. The minimum Gasteiger partial charge on any atom is -0.351 e. The average Bonchev–Trinajstić information content (AvgIpc) is 2.19. The molecule has 0 aromatic carbocycles. The first-order chi connectivity index (χ1) is 7.08. The van der Waals surface area contributed by atoms with Crippen LogP contribution in [0.5, 0.6) is 0 Å². The summed E-state index contributed by atoms with van der Waals surface area (Å²) in [5, 5.41) is 6.39. The van der Waals surface area contributed by atoms with E-state index < -0.39 is 0 Å². The summed E-state index contributed by atoms with van der Waals surface area (Å²) in [5.74, 6) is 1.13. The van der Waals surface area contributed by atoms with Gasteiger partial charge >= 0.3 is 0 Å². The summed E-state index contributed by atoms with van der Waals surface area (Å²) in [6, 6.07) is 0.257. The Morgan fingerprint density at radius 1 is 1.60 bits per heavy atom. The second-order valence-corrected chi connectivity index (χ2v) is 5.46. The van der Waals surface area contributed by atoms with E-state index in [1.807, 2.05) is 6.92 Å². The maximum atomic E-state index is 12.0. The van der Waals surface area contributed by atoms with E-state index in [1.165, 1.54) is 6.42 Å². The lowest BCUT2D eigenvalue weighted by atomic mass is 9.90. The zero-order valence-electron chi connectivity index (χ0n) is 9.93. The molecule has 0 spiro atoms. The molecule has 88 valence electrons. The van der Waals surface area contributed by atoms with E-state index in [-0.39, 0.29) is 17.5 Å². The minimum atomic E-state index is -0.342. The first-order valence-electron chi connectivity index (χ1n) is 5.63. The number of rotatable bonds is 4. The fourth-order valence-corrected chi connectivity index (χ4v) is 2.51. The largest absolute Gasteiger partial charge is 0.351 e. The molecule has 0 aliphatic carbocycles. The lowest BCUT2D eigenvalue weighted by Crippen LogP contribution is -2.58. The Morgan fingerprint density at radius 3 is 2.87 bits per heavy atom. The highest BCUT2D eigenvalue weighted by atomic mass is 32.2. The van der Waals surface area contributed by atoms with Gasteiger partial charge in [-0.1, -0.05) is 0 Å². The van der Waals surface area contributed by atoms with E-state index in [0.717, 1.165) is 25.1 Å². The van der Waals surface area contributed by atoms with Crippen LogP contribution in [0, 0.1) is 0 Å². The van der Waals surface area contributed by atoms with Crippen molar-refractivity contribution in [1.29, 1.82) is 0 Å². The van der Waals surface area contributed by atoms with E-state index >= 15 is 0 Å². The van der Waals surface area contributed by atoms with Gasteiger partial charge in [0.15, 0.2) is 0 Å². The summed E-state index contributed by atoms with van der Waals surface area (Å²) >= 11 is 1.76. The normalized spacial score (nSPS) is 28.5. The predicted octanol–water partition coefficient (Wildman–Crippen LogP) is 1.39. The molecule has 4 heteroatoms. The van der Waals surface area contributed by atoms with Crippen molar-refractivity contribution in [3.63, 3.8) is 0 Å². The first kappa shape index (κ1) is 12.8. The van der Waals surface area contributed by atoms with Gasteiger partial charge in [-0.25, -0.2) is 0 Å². The molecule has 0 bridgehead atoms. The van der Waals surface area contributed by atoms with Crippen molar-refractivity contribution in [1.82, 2.24) is 10.6 Å². The van der Waals surface area contributed by atoms with Gasteiger partial charge in [-0.15, -0.1) is 0 Å². The third-order valence-corrected chi connectivity index (χ3v) is 3.75. The topological polar surface area (TPSA) is 41.1 Å². The van der Waals surface area contributed by atoms with Crippen LogP contribution >= 0.6 is 11.8 Å². The van der Waals surface area contributed by atoms with Crippen LogP contribution in [0.2, 0.25) is 0 Å². The number of carbonyl (C=O) groups excluding carboxylic acids is 1. The van der Waals surface area contributed by atoms with Gasteiger partial charge in [0.2, 0.25) is 5.91 Å².